The van der Waals surface area contributed by atoms with Crippen LogP contribution in [0.2, 0.25) is 0 Å². The van der Waals surface area contributed by atoms with Crippen LogP contribution in [0.25, 0.3) is 0 Å². The Bertz CT molecular complexity index is 889. The van der Waals surface area contributed by atoms with E-state index in [4.69, 9.17) is 9.47 Å². The monoisotopic (exact) mass is 453 g/mol. The molecule has 0 amide bonds. The van der Waals surface area contributed by atoms with Crippen LogP contribution in [0.3, 0.4) is 0 Å². The summed E-state index contributed by atoms with van der Waals surface area (Å²) in [5.41, 5.74) is 0. The molecule has 27 heavy (non-hydrogen) atoms. The first kappa shape index (κ1) is 19.9. The fourth-order valence-corrected chi connectivity index (χ4v) is 4.66. The minimum Gasteiger partial charge on any atom is -0.497 e. The van der Waals surface area contributed by atoms with Crippen LogP contribution in [-0.4, -0.2) is 38.9 Å². The SMILES string of the molecule is COc1ccc(S(=O)(=O)N2CCC(C(=O)Oc3ccc(Br)cc3)CC2)cc1. The topological polar surface area (TPSA) is 72.9 Å². The summed E-state index contributed by atoms with van der Waals surface area (Å²) in [6, 6.07) is 13.3. The van der Waals surface area contributed by atoms with Crippen molar-refractivity contribution in [3.8, 4) is 11.5 Å². The third-order valence-corrected chi connectivity index (χ3v) is 6.96. The molecule has 1 aliphatic rings. The van der Waals surface area contributed by atoms with Gasteiger partial charge in [-0.25, -0.2) is 8.42 Å². The zero-order valence-corrected chi connectivity index (χ0v) is 17.2. The molecule has 0 bridgehead atoms. The molecule has 1 saturated heterocycles. The van der Waals surface area contributed by atoms with Crippen LogP contribution in [0.15, 0.2) is 57.9 Å². The molecule has 144 valence electrons. The molecule has 3 rings (SSSR count). The number of benzene rings is 2. The lowest BCUT2D eigenvalue weighted by molar-refractivity contribution is -0.140. The molecule has 0 saturated carbocycles. The number of piperidine rings is 1. The van der Waals surface area contributed by atoms with Crippen LogP contribution in [0.5, 0.6) is 11.5 Å². The van der Waals surface area contributed by atoms with Crippen molar-refractivity contribution in [3.05, 3.63) is 53.0 Å². The van der Waals surface area contributed by atoms with E-state index in [-0.39, 0.29) is 29.9 Å². The molecular weight excluding hydrogens is 434 g/mol. The van der Waals surface area contributed by atoms with E-state index in [1.54, 1.807) is 36.4 Å². The van der Waals surface area contributed by atoms with Gasteiger partial charge in [-0.3, -0.25) is 4.79 Å². The molecule has 0 spiro atoms. The number of methoxy groups -OCH3 is 1. The third kappa shape index (κ3) is 4.69. The van der Waals surface area contributed by atoms with Gasteiger partial charge in [0, 0.05) is 17.6 Å². The molecule has 2 aromatic carbocycles. The number of hydrogen-bond donors (Lipinski definition) is 0. The van der Waals surface area contributed by atoms with E-state index < -0.39 is 10.0 Å². The predicted octanol–water partition coefficient (Wildman–Crippen LogP) is 3.46. The number of esters is 1. The molecule has 0 unspecified atom stereocenters. The van der Waals surface area contributed by atoms with Crippen LogP contribution >= 0.6 is 15.9 Å². The molecule has 6 nitrogen and oxygen atoms in total. The average molecular weight is 454 g/mol. The molecule has 0 aromatic heterocycles. The van der Waals surface area contributed by atoms with Crippen molar-refractivity contribution in [2.75, 3.05) is 20.2 Å². The number of sulfonamides is 1. The third-order valence-electron chi connectivity index (χ3n) is 4.52. The highest BCUT2D eigenvalue weighted by Gasteiger charge is 2.33. The summed E-state index contributed by atoms with van der Waals surface area (Å²) in [4.78, 5) is 12.6. The van der Waals surface area contributed by atoms with Gasteiger partial charge in [-0.1, -0.05) is 15.9 Å². The molecule has 0 atom stereocenters. The Labute approximate surface area is 167 Å². The number of ether oxygens (including phenoxy) is 2. The van der Waals surface area contributed by atoms with Gasteiger partial charge in [0.15, 0.2) is 0 Å². The Balaban J connectivity index is 1.60. The summed E-state index contributed by atoms with van der Waals surface area (Å²) >= 11 is 3.33. The van der Waals surface area contributed by atoms with Crippen molar-refractivity contribution < 1.29 is 22.7 Å². The average Bonchev–Trinajstić information content (AvgIpc) is 2.70. The van der Waals surface area contributed by atoms with Gasteiger partial charge in [0.1, 0.15) is 11.5 Å². The van der Waals surface area contributed by atoms with Crippen molar-refractivity contribution in [1.82, 2.24) is 4.31 Å². The molecule has 2 aromatic rings. The molecular formula is C19H20BrNO5S. The molecule has 8 heteroatoms. The maximum Gasteiger partial charge on any atom is 0.314 e. The molecule has 0 N–H and O–H groups in total. The number of hydrogen-bond acceptors (Lipinski definition) is 5. The zero-order valence-electron chi connectivity index (χ0n) is 14.8. The largest absolute Gasteiger partial charge is 0.497 e. The highest BCUT2D eigenvalue weighted by atomic mass is 79.9. The maximum absolute atomic E-state index is 12.8. The van der Waals surface area contributed by atoms with Crippen molar-refractivity contribution in [2.45, 2.75) is 17.7 Å². The number of rotatable bonds is 5. The van der Waals surface area contributed by atoms with E-state index in [9.17, 15) is 13.2 Å². The predicted molar refractivity (Wildman–Crippen MR) is 104 cm³/mol. The van der Waals surface area contributed by atoms with E-state index in [1.807, 2.05) is 0 Å². The second-order valence-corrected chi connectivity index (χ2v) is 9.08. The highest BCUT2D eigenvalue weighted by molar-refractivity contribution is 9.10. The zero-order chi connectivity index (χ0) is 19.4. The first-order valence-electron chi connectivity index (χ1n) is 8.51. The van der Waals surface area contributed by atoms with E-state index >= 15 is 0 Å². The summed E-state index contributed by atoms with van der Waals surface area (Å²) in [7, 11) is -2.05. The van der Waals surface area contributed by atoms with Gasteiger partial charge in [0.2, 0.25) is 10.0 Å². The number of carbonyl (C=O) groups excluding carboxylic acids is 1. The smallest absolute Gasteiger partial charge is 0.314 e. The maximum atomic E-state index is 12.8. The molecule has 1 fully saturated rings. The summed E-state index contributed by atoms with van der Waals surface area (Å²) in [6.07, 6.45) is 0.871. The lowest BCUT2D eigenvalue weighted by Crippen LogP contribution is -2.41. The van der Waals surface area contributed by atoms with E-state index in [0.29, 0.717) is 24.3 Å². The molecule has 0 aliphatic carbocycles. The summed E-state index contributed by atoms with van der Waals surface area (Å²) in [6.45, 7) is 0.572. The lowest BCUT2D eigenvalue weighted by Gasteiger charge is -2.30. The minimum absolute atomic E-state index is 0.221. The molecule has 1 heterocycles. The Morgan fingerprint density at radius 2 is 1.56 bits per heavy atom. The molecule has 0 radical (unpaired) electrons. The minimum atomic E-state index is -3.58. The first-order valence-corrected chi connectivity index (χ1v) is 10.7. The van der Waals surface area contributed by atoms with Gasteiger partial charge in [-0.15, -0.1) is 0 Å². The number of nitrogens with zero attached hydrogens (tertiary/aromatic N) is 1. The van der Waals surface area contributed by atoms with Crippen molar-refractivity contribution in [1.29, 1.82) is 0 Å². The van der Waals surface area contributed by atoms with Crippen LogP contribution in [0.1, 0.15) is 12.8 Å². The Morgan fingerprint density at radius 3 is 2.11 bits per heavy atom. The van der Waals surface area contributed by atoms with Crippen molar-refractivity contribution >= 4 is 31.9 Å². The van der Waals surface area contributed by atoms with Crippen LogP contribution in [0, 0.1) is 5.92 Å². The summed E-state index contributed by atoms with van der Waals surface area (Å²) in [5.74, 6) is 0.453. The van der Waals surface area contributed by atoms with Gasteiger partial charge in [-0.2, -0.15) is 4.31 Å². The van der Waals surface area contributed by atoms with Crippen LogP contribution < -0.4 is 9.47 Å². The van der Waals surface area contributed by atoms with E-state index in [2.05, 4.69) is 15.9 Å². The highest BCUT2D eigenvalue weighted by Crippen LogP contribution is 2.26. The van der Waals surface area contributed by atoms with Crippen LogP contribution in [0.4, 0.5) is 0 Å². The second kappa shape index (κ2) is 8.41. The molecule has 1 aliphatic heterocycles. The quantitative estimate of drug-likeness (QED) is 0.511. The second-order valence-electron chi connectivity index (χ2n) is 6.23. The van der Waals surface area contributed by atoms with Crippen molar-refractivity contribution in [2.24, 2.45) is 5.92 Å². The van der Waals surface area contributed by atoms with Crippen LogP contribution in [-0.2, 0) is 14.8 Å². The normalized spacial score (nSPS) is 16.1. The van der Waals surface area contributed by atoms with Gasteiger partial charge in [-0.05, 0) is 61.4 Å². The Hall–Kier alpha value is -1.90. The lowest BCUT2D eigenvalue weighted by atomic mass is 9.98. The fraction of sp³-hybridized carbons (Fsp3) is 0.316. The Kier molecular flexibility index (Phi) is 6.18. The Morgan fingerprint density at radius 1 is 1.00 bits per heavy atom. The fourth-order valence-electron chi connectivity index (χ4n) is 2.93. The van der Waals surface area contributed by atoms with Gasteiger partial charge < -0.3 is 9.47 Å². The number of carbonyl (C=O) groups is 1. The van der Waals surface area contributed by atoms with E-state index in [0.717, 1.165) is 4.47 Å². The van der Waals surface area contributed by atoms with Gasteiger partial charge in [0.25, 0.3) is 0 Å². The number of halogens is 1. The van der Waals surface area contributed by atoms with Gasteiger partial charge >= 0.3 is 5.97 Å². The van der Waals surface area contributed by atoms with E-state index in [1.165, 1.54) is 23.5 Å². The summed E-state index contributed by atoms with van der Waals surface area (Å²) < 4.78 is 38.3. The summed E-state index contributed by atoms with van der Waals surface area (Å²) in [5, 5.41) is 0. The first-order chi connectivity index (χ1) is 12.9. The van der Waals surface area contributed by atoms with Crippen molar-refractivity contribution in [3.63, 3.8) is 0 Å². The van der Waals surface area contributed by atoms with Gasteiger partial charge in [0.05, 0.1) is 17.9 Å². The standard InChI is InChI=1S/C19H20BrNO5S/c1-25-16-6-8-18(9-7-16)27(23,24)21-12-10-14(11-13-21)19(22)26-17-4-2-15(20)3-5-17/h2-9,14H,10-13H2,1H3.